The maximum absolute atomic E-state index is 13.3. The number of carboxylic acid groups (broad SMARTS) is 1. The summed E-state index contributed by atoms with van der Waals surface area (Å²) in [4.78, 5) is 39.2. The van der Waals surface area contributed by atoms with Crippen molar-refractivity contribution in [3.63, 3.8) is 0 Å². The van der Waals surface area contributed by atoms with E-state index in [-0.39, 0.29) is 12.5 Å². The number of hydrogen-bond acceptors (Lipinski definition) is 5. The molecule has 1 fully saturated rings. The molecule has 0 spiro atoms. The molecule has 4 rings (SSSR count). The predicted octanol–water partition coefficient (Wildman–Crippen LogP) is 3.39. The lowest BCUT2D eigenvalue weighted by Crippen LogP contribution is -2.60. The van der Waals surface area contributed by atoms with E-state index in [1.54, 1.807) is 6.92 Å². The van der Waals surface area contributed by atoms with E-state index >= 15 is 0 Å². The van der Waals surface area contributed by atoms with Crippen LogP contribution >= 0.6 is 0 Å². The first kappa shape index (κ1) is 23.8. The molecule has 3 atom stereocenters. The lowest BCUT2D eigenvalue weighted by Gasteiger charge is -2.35. The smallest absolute Gasteiger partial charge is 0.407 e. The summed E-state index contributed by atoms with van der Waals surface area (Å²) in [5.41, 5.74) is 3.10. The van der Waals surface area contributed by atoms with Crippen LogP contribution in [0.2, 0.25) is 0 Å². The largest absolute Gasteiger partial charge is 0.480 e. The molecule has 1 saturated heterocycles. The zero-order valence-corrected chi connectivity index (χ0v) is 19.6. The molecular formula is C26H30N2O6. The van der Waals surface area contributed by atoms with Crippen LogP contribution in [0.5, 0.6) is 0 Å². The number of rotatable bonds is 7. The van der Waals surface area contributed by atoms with Gasteiger partial charge in [0.05, 0.1) is 6.10 Å². The first-order chi connectivity index (χ1) is 16.3. The van der Waals surface area contributed by atoms with Gasteiger partial charge in [0.2, 0.25) is 5.91 Å². The summed E-state index contributed by atoms with van der Waals surface area (Å²) in [6, 6.07) is 15.0. The SMILES string of the molecule is CO[C@H](C)[C@H](NC(=O)OCC1c2ccccc2-c2ccccc21)C(=O)N1CCCC1(C)C(=O)O. The van der Waals surface area contributed by atoms with Crippen molar-refractivity contribution in [2.24, 2.45) is 0 Å². The van der Waals surface area contributed by atoms with E-state index in [0.717, 1.165) is 22.3 Å². The number of nitrogens with one attached hydrogen (secondary N) is 1. The molecular weight excluding hydrogens is 436 g/mol. The molecule has 2 aromatic rings. The number of alkyl carbamates (subject to hydrolysis) is 1. The topological polar surface area (TPSA) is 105 Å². The maximum atomic E-state index is 13.3. The van der Waals surface area contributed by atoms with E-state index in [1.165, 1.54) is 18.9 Å². The number of carbonyl (C=O) groups excluding carboxylic acids is 2. The molecule has 1 unspecified atom stereocenters. The predicted molar refractivity (Wildman–Crippen MR) is 125 cm³/mol. The maximum Gasteiger partial charge on any atom is 0.407 e. The van der Waals surface area contributed by atoms with Crippen LogP contribution in [0.1, 0.15) is 43.7 Å². The monoisotopic (exact) mass is 466 g/mol. The van der Waals surface area contributed by atoms with Crippen molar-refractivity contribution in [3.05, 3.63) is 59.7 Å². The van der Waals surface area contributed by atoms with Crippen molar-refractivity contribution in [3.8, 4) is 11.1 Å². The number of carboxylic acids is 1. The van der Waals surface area contributed by atoms with Crippen molar-refractivity contribution in [1.29, 1.82) is 0 Å². The summed E-state index contributed by atoms with van der Waals surface area (Å²) in [6.45, 7) is 3.60. The number of benzene rings is 2. The molecule has 8 heteroatoms. The van der Waals surface area contributed by atoms with E-state index in [0.29, 0.717) is 19.4 Å². The van der Waals surface area contributed by atoms with Gasteiger partial charge in [-0.05, 0) is 48.9 Å². The molecule has 0 aromatic heterocycles. The lowest BCUT2D eigenvalue weighted by atomic mass is 9.98. The zero-order valence-electron chi connectivity index (χ0n) is 19.6. The van der Waals surface area contributed by atoms with E-state index < -0.39 is 35.7 Å². The fraction of sp³-hybridized carbons (Fsp3) is 0.423. The van der Waals surface area contributed by atoms with Crippen LogP contribution in [0.15, 0.2) is 48.5 Å². The minimum absolute atomic E-state index is 0.110. The second-order valence-electron chi connectivity index (χ2n) is 9.06. The third-order valence-electron chi connectivity index (χ3n) is 7.09. The Morgan fingerprint density at radius 3 is 2.26 bits per heavy atom. The fourth-order valence-corrected chi connectivity index (χ4v) is 4.99. The summed E-state index contributed by atoms with van der Waals surface area (Å²) in [7, 11) is 1.44. The third-order valence-corrected chi connectivity index (χ3v) is 7.09. The molecule has 34 heavy (non-hydrogen) atoms. The number of aliphatic carboxylic acids is 1. The van der Waals surface area contributed by atoms with Gasteiger partial charge in [-0.1, -0.05) is 48.5 Å². The number of nitrogens with zero attached hydrogens (tertiary/aromatic N) is 1. The molecule has 0 bridgehead atoms. The summed E-state index contributed by atoms with van der Waals surface area (Å²) < 4.78 is 10.9. The minimum Gasteiger partial charge on any atom is -0.480 e. The molecule has 1 aliphatic carbocycles. The molecule has 0 radical (unpaired) electrons. The Bertz CT molecular complexity index is 1060. The Hall–Kier alpha value is -3.39. The second-order valence-corrected chi connectivity index (χ2v) is 9.06. The van der Waals surface area contributed by atoms with Crippen LogP contribution in [0, 0.1) is 0 Å². The Morgan fingerprint density at radius 2 is 1.71 bits per heavy atom. The third kappa shape index (κ3) is 4.14. The van der Waals surface area contributed by atoms with Gasteiger partial charge in [0.25, 0.3) is 0 Å². The summed E-state index contributed by atoms with van der Waals surface area (Å²) in [5, 5.41) is 12.3. The summed E-state index contributed by atoms with van der Waals surface area (Å²) >= 11 is 0. The van der Waals surface area contributed by atoms with E-state index in [9.17, 15) is 19.5 Å². The van der Waals surface area contributed by atoms with E-state index in [2.05, 4.69) is 17.4 Å². The highest BCUT2D eigenvalue weighted by Gasteiger charge is 2.48. The van der Waals surface area contributed by atoms with Crippen molar-refractivity contribution in [2.75, 3.05) is 20.3 Å². The molecule has 2 aromatic carbocycles. The average Bonchev–Trinajstić information content (AvgIpc) is 3.39. The molecule has 180 valence electrons. The Morgan fingerprint density at radius 1 is 1.12 bits per heavy atom. The number of carbonyl (C=O) groups is 3. The van der Waals surface area contributed by atoms with E-state index in [1.807, 2.05) is 36.4 Å². The molecule has 2 aliphatic rings. The first-order valence-electron chi connectivity index (χ1n) is 11.5. The lowest BCUT2D eigenvalue weighted by molar-refractivity contribution is -0.157. The van der Waals surface area contributed by atoms with Gasteiger partial charge in [0.1, 0.15) is 18.2 Å². The number of methoxy groups -OCH3 is 1. The van der Waals surface area contributed by atoms with Gasteiger partial charge in [-0.25, -0.2) is 9.59 Å². The first-order valence-corrected chi connectivity index (χ1v) is 11.5. The zero-order chi connectivity index (χ0) is 24.5. The van der Waals surface area contributed by atoms with Crippen molar-refractivity contribution >= 4 is 18.0 Å². The minimum atomic E-state index is -1.31. The Balaban J connectivity index is 1.47. The van der Waals surface area contributed by atoms with Crippen LogP contribution in [0.3, 0.4) is 0 Å². The quantitative estimate of drug-likeness (QED) is 0.648. The average molecular weight is 467 g/mol. The van der Waals surface area contributed by atoms with Crippen LogP contribution in [-0.2, 0) is 19.1 Å². The highest BCUT2D eigenvalue weighted by atomic mass is 16.5. The van der Waals surface area contributed by atoms with Gasteiger partial charge in [-0.2, -0.15) is 0 Å². The highest BCUT2D eigenvalue weighted by Crippen LogP contribution is 2.44. The number of likely N-dealkylation sites (tertiary alicyclic amines) is 1. The number of amides is 2. The van der Waals surface area contributed by atoms with Gasteiger partial charge in [-0.15, -0.1) is 0 Å². The van der Waals surface area contributed by atoms with Crippen LogP contribution < -0.4 is 5.32 Å². The van der Waals surface area contributed by atoms with Gasteiger partial charge in [0, 0.05) is 19.6 Å². The highest BCUT2D eigenvalue weighted by molar-refractivity contribution is 5.92. The number of fused-ring (bicyclic) bond motifs is 3. The molecule has 2 amide bonds. The second kappa shape index (κ2) is 9.46. The molecule has 1 aliphatic heterocycles. The van der Waals surface area contributed by atoms with Gasteiger partial charge in [-0.3, -0.25) is 4.79 Å². The van der Waals surface area contributed by atoms with Crippen LogP contribution in [0.4, 0.5) is 4.79 Å². The number of ether oxygens (including phenoxy) is 2. The van der Waals surface area contributed by atoms with Gasteiger partial charge in [0.15, 0.2) is 0 Å². The summed E-state index contributed by atoms with van der Waals surface area (Å²) in [5.74, 6) is -1.67. The Kier molecular flexibility index (Phi) is 6.61. The normalized spacial score (nSPS) is 20.9. The molecule has 0 saturated carbocycles. The van der Waals surface area contributed by atoms with Crippen LogP contribution in [0.25, 0.3) is 11.1 Å². The van der Waals surface area contributed by atoms with Gasteiger partial charge >= 0.3 is 12.1 Å². The van der Waals surface area contributed by atoms with Gasteiger partial charge < -0.3 is 24.8 Å². The standard InChI is InChI=1S/C26H30N2O6/c1-16(33-3)22(23(29)28-14-8-13-26(28,2)24(30)31)27-25(32)34-15-21-19-11-6-4-9-17(19)18-10-5-7-12-20(18)21/h4-7,9-12,16,21-22H,8,13-15H2,1-3H3,(H,27,32)(H,30,31)/t16-,22+,26?/m1/s1. The van der Waals surface area contributed by atoms with Crippen molar-refractivity contribution < 1.29 is 29.0 Å². The number of hydrogen-bond donors (Lipinski definition) is 2. The fourth-order valence-electron chi connectivity index (χ4n) is 4.99. The van der Waals surface area contributed by atoms with E-state index in [4.69, 9.17) is 9.47 Å². The molecule has 1 heterocycles. The van der Waals surface area contributed by atoms with Crippen molar-refractivity contribution in [1.82, 2.24) is 10.2 Å². The summed E-state index contributed by atoms with van der Waals surface area (Å²) in [6.07, 6.45) is -0.493. The van der Waals surface area contributed by atoms with Crippen molar-refractivity contribution in [2.45, 2.75) is 50.3 Å². The van der Waals surface area contributed by atoms with Crippen LogP contribution in [-0.4, -0.2) is 65.9 Å². The molecule has 2 N–H and O–H groups in total. The molecule has 8 nitrogen and oxygen atoms in total. The Labute approximate surface area is 198 Å².